The number of anilines is 1. The quantitative estimate of drug-likeness (QED) is 0.765. The standard InChI is InChI=1S/C14H19BrN2O3/c1-4-14(5-2,12(18)19)17-13(20)16-10-8-6-7-9(3)11(10)15/h6-8H,4-5H2,1-3H3,(H,18,19)(H2,16,17,20). The van der Waals surface area contributed by atoms with Gasteiger partial charge in [0.25, 0.3) is 0 Å². The molecule has 5 nitrogen and oxygen atoms in total. The van der Waals surface area contributed by atoms with Gasteiger partial charge in [0.05, 0.1) is 5.69 Å². The van der Waals surface area contributed by atoms with E-state index in [-0.39, 0.29) is 0 Å². The maximum Gasteiger partial charge on any atom is 0.329 e. The van der Waals surface area contributed by atoms with Gasteiger partial charge in [0.2, 0.25) is 0 Å². The van der Waals surface area contributed by atoms with Crippen LogP contribution in [0.25, 0.3) is 0 Å². The number of urea groups is 1. The number of hydrogen-bond donors (Lipinski definition) is 3. The molecule has 0 aromatic heterocycles. The Morgan fingerprint density at radius 3 is 2.40 bits per heavy atom. The first-order valence-corrected chi connectivity index (χ1v) is 7.23. The average Bonchev–Trinajstić information content (AvgIpc) is 2.41. The Labute approximate surface area is 126 Å². The van der Waals surface area contributed by atoms with E-state index in [9.17, 15) is 14.7 Å². The fourth-order valence-corrected chi connectivity index (χ4v) is 2.26. The van der Waals surface area contributed by atoms with Crippen molar-refractivity contribution in [2.45, 2.75) is 39.2 Å². The normalized spacial score (nSPS) is 11.0. The summed E-state index contributed by atoms with van der Waals surface area (Å²) >= 11 is 3.39. The number of nitrogens with one attached hydrogen (secondary N) is 2. The van der Waals surface area contributed by atoms with Crippen molar-refractivity contribution >= 4 is 33.6 Å². The van der Waals surface area contributed by atoms with E-state index in [0.29, 0.717) is 18.5 Å². The van der Waals surface area contributed by atoms with E-state index in [4.69, 9.17) is 0 Å². The molecule has 0 heterocycles. The smallest absolute Gasteiger partial charge is 0.329 e. The van der Waals surface area contributed by atoms with Crippen LogP contribution in [0.2, 0.25) is 0 Å². The minimum absolute atomic E-state index is 0.321. The minimum Gasteiger partial charge on any atom is -0.480 e. The van der Waals surface area contributed by atoms with Crippen LogP contribution in [-0.2, 0) is 4.79 Å². The summed E-state index contributed by atoms with van der Waals surface area (Å²) in [5.41, 5.74) is 0.354. The number of carbonyl (C=O) groups excluding carboxylic acids is 1. The van der Waals surface area contributed by atoms with Crippen molar-refractivity contribution < 1.29 is 14.7 Å². The van der Waals surface area contributed by atoms with Crippen LogP contribution in [0.5, 0.6) is 0 Å². The fraction of sp³-hybridized carbons (Fsp3) is 0.429. The van der Waals surface area contributed by atoms with Crippen molar-refractivity contribution in [3.8, 4) is 0 Å². The summed E-state index contributed by atoms with van der Waals surface area (Å²) in [5.74, 6) is -1.03. The maximum atomic E-state index is 12.0. The molecule has 6 heteroatoms. The first kappa shape index (κ1) is 16.5. The summed E-state index contributed by atoms with van der Waals surface area (Å²) in [6.07, 6.45) is 0.641. The first-order chi connectivity index (χ1) is 9.36. The third-order valence-corrected chi connectivity index (χ3v) is 4.46. The van der Waals surface area contributed by atoms with E-state index in [2.05, 4.69) is 26.6 Å². The lowest BCUT2D eigenvalue weighted by Crippen LogP contribution is -2.55. The Morgan fingerprint density at radius 2 is 1.90 bits per heavy atom. The zero-order valence-corrected chi connectivity index (χ0v) is 13.4. The molecule has 0 radical (unpaired) electrons. The minimum atomic E-state index is -1.24. The molecule has 20 heavy (non-hydrogen) atoms. The topological polar surface area (TPSA) is 78.4 Å². The summed E-state index contributed by atoms with van der Waals surface area (Å²) in [4.78, 5) is 23.3. The second kappa shape index (κ2) is 6.74. The van der Waals surface area contributed by atoms with E-state index in [0.717, 1.165) is 10.0 Å². The molecule has 0 aliphatic rings. The summed E-state index contributed by atoms with van der Waals surface area (Å²) in [6, 6.07) is 4.95. The molecule has 0 fully saturated rings. The van der Waals surface area contributed by atoms with Crippen LogP contribution >= 0.6 is 15.9 Å². The van der Waals surface area contributed by atoms with Gasteiger partial charge in [-0.25, -0.2) is 9.59 Å². The number of amides is 2. The third-order valence-electron chi connectivity index (χ3n) is 3.41. The maximum absolute atomic E-state index is 12.0. The van der Waals surface area contributed by atoms with Crippen LogP contribution < -0.4 is 10.6 Å². The molecule has 0 aliphatic carbocycles. The Hall–Kier alpha value is -1.56. The van der Waals surface area contributed by atoms with E-state index in [1.54, 1.807) is 19.9 Å². The van der Waals surface area contributed by atoms with Crippen LogP contribution in [0.15, 0.2) is 22.7 Å². The molecule has 1 rings (SSSR count). The van der Waals surface area contributed by atoms with Crippen molar-refractivity contribution in [1.82, 2.24) is 5.32 Å². The third kappa shape index (κ3) is 3.50. The molecule has 2 amide bonds. The van der Waals surface area contributed by atoms with Gasteiger partial charge < -0.3 is 15.7 Å². The number of benzene rings is 1. The van der Waals surface area contributed by atoms with E-state index >= 15 is 0 Å². The van der Waals surface area contributed by atoms with Gasteiger partial charge >= 0.3 is 12.0 Å². The van der Waals surface area contributed by atoms with Gasteiger partial charge in [-0.05, 0) is 47.3 Å². The largest absolute Gasteiger partial charge is 0.480 e. The lowest BCUT2D eigenvalue weighted by molar-refractivity contribution is -0.144. The van der Waals surface area contributed by atoms with Crippen LogP contribution in [0.1, 0.15) is 32.3 Å². The molecular weight excluding hydrogens is 324 g/mol. The Bertz CT molecular complexity index is 513. The van der Waals surface area contributed by atoms with Crippen molar-refractivity contribution in [3.63, 3.8) is 0 Å². The molecule has 0 bridgehead atoms. The highest BCUT2D eigenvalue weighted by Crippen LogP contribution is 2.26. The Balaban J connectivity index is 2.86. The number of aliphatic carboxylic acids is 1. The number of carboxylic acid groups (broad SMARTS) is 1. The van der Waals surface area contributed by atoms with E-state index in [1.807, 2.05) is 19.1 Å². The predicted molar refractivity (Wildman–Crippen MR) is 82.0 cm³/mol. The molecule has 110 valence electrons. The predicted octanol–water partition coefficient (Wildman–Crippen LogP) is 3.52. The molecule has 0 saturated carbocycles. The average molecular weight is 343 g/mol. The van der Waals surface area contributed by atoms with Gasteiger partial charge in [-0.3, -0.25) is 0 Å². The number of hydrogen-bond acceptors (Lipinski definition) is 2. The lowest BCUT2D eigenvalue weighted by Gasteiger charge is -2.28. The van der Waals surface area contributed by atoms with Crippen molar-refractivity contribution in [2.24, 2.45) is 0 Å². The fourth-order valence-electron chi connectivity index (χ4n) is 1.90. The van der Waals surface area contributed by atoms with Gasteiger partial charge in [0.15, 0.2) is 0 Å². The Morgan fingerprint density at radius 1 is 1.30 bits per heavy atom. The molecule has 0 atom stereocenters. The molecule has 0 saturated heterocycles. The second-order valence-electron chi connectivity index (χ2n) is 4.61. The van der Waals surface area contributed by atoms with Gasteiger partial charge in [-0.15, -0.1) is 0 Å². The van der Waals surface area contributed by atoms with Crippen LogP contribution in [-0.4, -0.2) is 22.6 Å². The van der Waals surface area contributed by atoms with Crippen molar-refractivity contribution in [3.05, 3.63) is 28.2 Å². The van der Waals surface area contributed by atoms with Gasteiger partial charge in [-0.2, -0.15) is 0 Å². The highest BCUT2D eigenvalue weighted by atomic mass is 79.9. The van der Waals surface area contributed by atoms with Crippen LogP contribution in [0, 0.1) is 6.92 Å². The molecule has 0 unspecified atom stereocenters. The zero-order chi connectivity index (χ0) is 15.3. The zero-order valence-electron chi connectivity index (χ0n) is 11.8. The number of carbonyl (C=O) groups is 2. The molecule has 1 aromatic rings. The lowest BCUT2D eigenvalue weighted by atomic mass is 9.93. The SMILES string of the molecule is CCC(CC)(NC(=O)Nc1cccc(C)c1Br)C(=O)O. The molecule has 1 aromatic carbocycles. The number of halogens is 1. The molecule has 0 aliphatic heterocycles. The second-order valence-corrected chi connectivity index (χ2v) is 5.40. The monoisotopic (exact) mass is 342 g/mol. The Kier molecular flexibility index (Phi) is 5.56. The van der Waals surface area contributed by atoms with Crippen molar-refractivity contribution in [2.75, 3.05) is 5.32 Å². The molecular formula is C14H19BrN2O3. The summed E-state index contributed by atoms with van der Waals surface area (Å²) in [5, 5.41) is 14.5. The summed E-state index contributed by atoms with van der Waals surface area (Å²) in [6.45, 7) is 5.38. The number of aryl methyl sites for hydroxylation is 1. The first-order valence-electron chi connectivity index (χ1n) is 6.44. The van der Waals surface area contributed by atoms with Crippen LogP contribution in [0.4, 0.5) is 10.5 Å². The van der Waals surface area contributed by atoms with Crippen molar-refractivity contribution in [1.29, 1.82) is 0 Å². The van der Waals surface area contributed by atoms with E-state index < -0.39 is 17.5 Å². The van der Waals surface area contributed by atoms with Crippen LogP contribution in [0.3, 0.4) is 0 Å². The summed E-state index contributed by atoms with van der Waals surface area (Å²) in [7, 11) is 0. The van der Waals surface area contributed by atoms with E-state index in [1.165, 1.54) is 0 Å². The summed E-state index contributed by atoms with van der Waals surface area (Å²) < 4.78 is 0.782. The highest BCUT2D eigenvalue weighted by molar-refractivity contribution is 9.10. The molecule has 0 spiro atoms. The van der Waals surface area contributed by atoms with Gasteiger partial charge in [-0.1, -0.05) is 26.0 Å². The van der Waals surface area contributed by atoms with Gasteiger partial charge in [0, 0.05) is 4.47 Å². The number of carboxylic acids is 1. The van der Waals surface area contributed by atoms with Gasteiger partial charge in [0.1, 0.15) is 5.54 Å². The highest BCUT2D eigenvalue weighted by Gasteiger charge is 2.36. The number of rotatable bonds is 5. The molecule has 3 N–H and O–H groups in total.